The summed E-state index contributed by atoms with van der Waals surface area (Å²) in [4.78, 5) is 0. The molecule has 39 heavy (non-hydrogen) atoms. The molecule has 0 atom stereocenters. The van der Waals surface area contributed by atoms with Gasteiger partial charge in [0.25, 0.3) is 0 Å². The third-order valence-electron chi connectivity index (χ3n) is 9.48. The predicted molar refractivity (Wildman–Crippen MR) is 166 cm³/mol. The topological polar surface area (TPSA) is 0 Å². The number of benzene rings is 4. The van der Waals surface area contributed by atoms with Gasteiger partial charge in [-0.2, -0.15) is 12.1 Å². The second-order valence-electron chi connectivity index (χ2n) is 11.7. The standard InChI is InChI=1S/2C19H19.Co/c2*1-2-8-14(9-3-1)19-17-12-6-4-10-15(17)16-11-5-7-13-18(16)19;/h2*4-7,10-14H,1-3,8-9H2;/q-5;-1;. The predicted octanol–water partition coefficient (Wildman–Crippen LogP) is 11.5. The molecule has 0 aliphatic heterocycles. The molecule has 2 aliphatic carbocycles. The Balaban J connectivity index is 0.000000138. The van der Waals surface area contributed by atoms with Crippen LogP contribution < -0.4 is 0 Å². The van der Waals surface area contributed by atoms with E-state index in [0.29, 0.717) is 0 Å². The van der Waals surface area contributed by atoms with Crippen LogP contribution in [0.2, 0.25) is 0 Å². The summed E-state index contributed by atoms with van der Waals surface area (Å²) in [6.45, 7) is 0. The van der Waals surface area contributed by atoms with Crippen LogP contribution in [0.4, 0.5) is 0 Å². The molecule has 205 valence electrons. The van der Waals surface area contributed by atoms with Gasteiger partial charge in [-0.25, -0.2) is 0 Å². The van der Waals surface area contributed by atoms with E-state index < -0.39 is 0 Å². The summed E-state index contributed by atoms with van der Waals surface area (Å²) in [5.41, 5.74) is 3.26. The second kappa shape index (κ2) is 11.7. The first-order chi connectivity index (χ1) is 18.9. The minimum Gasteiger partial charge on any atom is -0.535 e. The molecule has 6 aromatic carbocycles. The van der Waals surface area contributed by atoms with Crippen molar-refractivity contribution >= 4 is 43.1 Å². The third-order valence-corrected chi connectivity index (χ3v) is 9.48. The quantitative estimate of drug-likeness (QED) is 0.187. The van der Waals surface area contributed by atoms with E-state index >= 15 is 0 Å². The summed E-state index contributed by atoms with van der Waals surface area (Å²) in [5, 5.41) is 11.8. The molecule has 0 bridgehead atoms. The zero-order valence-corrected chi connectivity index (χ0v) is 23.8. The van der Waals surface area contributed by atoms with E-state index in [2.05, 4.69) is 97.1 Å². The van der Waals surface area contributed by atoms with Crippen LogP contribution in [0.3, 0.4) is 0 Å². The van der Waals surface area contributed by atoms with Crippen LogP contribution in [0.15, 0.2) is 97.1 Å². The molecule has 0 aromatic heterocycles. The minimum absolute atomic E-state index is 0. The fourth-order valence-corrected chi connectivity index (χ4v) is 7.76. The Kier molecular flexibility index (Phi) is 7.91. The second-order valence-corrected chi connectivity index (χ2v) is 11.7. The van der Waals surface area contributed by atoms with Gasteiger partial charge in [0.1, 0.15) is 0 Å². The Morgan fingerprint density at radius 2 is 0.846 bits per heavy atom. The number of hydrogen-bond acceptors (Lipinski definition) is 0. The van der Waals surface area contributed by atoms with E-state index in [4.69, 9.17) is 0 Å². The summed E-state index contributed by atoms with van der Waals surface area (Å²) in [6.07, 6.45) is 13.9. The summed E-state index contributed by atoms with van der Waals surface area (Å²) >= 11 is 0. The van der Waals surface area contributed by atoms with Crippen LogP contribution >= 0.6 is 0 Å². The minimum atomic E-state index is 0. The molecule has 0 heterocycles. The molecule has 0 N–H and O–H groups in total. The van der Waals surface area contributed by atoms with Crippen molar-refractivity contribution in [3.63, 3.8) is 0 Å². The maximum Gasteiger partial charge on any atom is 0 e. The zero-order chi connectivity index (χ0) is 25.3. The van der Waals surface area contributed by atoms with Crippen LogP contribution in [0.5, 0.6) is 0 Å². The molecular formula is C38H38Co-6. The van der Waals surface area contributed by atoms with E-state index in [1.54, 1.807) is 11.1 Å². The molecular weight excluding hydrogens is 515 g/mol. The van der Waals surface area contributed by atoms with Crippen LogP contribution in [0, 0.1) is 0 Å². The van der Waals surface area contributed by atoms with E-state index in [1.807, 2.05) is 0 Å². The van der Waals surface area contributed by atoms with Gasteiger partial charge >= 0.3 is 0 Å². The monoisotopic (exact) mass is 553 g/mol. The SMILES string of the molecule is [Co].c1cc[c-]2[c-](c1)[c-](C1CCCCC1)[c-]1cccc[c-]12.c1ccc2c(c1)c1ccccc1[c-]2C1CCCCC1. The third kappa shape index (κ3) is 4.85. The first-order valence-electron chi connectivity index (χ1n) is 15.0. The van der Waals surface area contributed by atoms with Gasteiger partial charge in [0.05, 0.1) is 0 Å². The molecule has 8 rings (SSSR count). The van der Waals surface area contributed by atoms with E-state index in [9.17, 15) is 0 Å². The van der Waals surface area contributed by atoms with Crippen LogP contribution in [0.25, 0.3) is 43.1 Å². The van der Waals surface area contributed by atoms with Gasteiger partial charge in [-0.3, -0.25) is 0 Å². The Morgan fingerprint density at radius 3 is 1.33 bits per heavy atom. The van der Waals surface area contributed by atoms with Crippen molar-refractivity contribution in [3.05, 3.63) is 108 Å². The molecule has 1 heteroatoms. The van der Waals surface area contributed by atoms with Crippen molar-refractivity contribution in [2.24, 2.45) is 0 Å². The molecule has 2 fully saturated rings. The Labute approximate surface area is 243 Å². The van der Waals surface area contributed by atoms with Crippen LogP contribution in [-0.4, -0.2) is 0 Å². The number of fused-ring (bicyclic) bond motifs is 6. The molecule has 1 radical (unpaired) electrons. The summed E-state index contributed by atoms with van der Waals surface area (Å²) in [7, 11) is 0. The van der Waals surface area contributed by atoms with E-state index in [1.165, 1.54) is 107 Å². The van der Waals surface area contributed by atoms with Gasteiger partial charge in [0.2, 0.25) is 0 Å². The smallest absolute Gasteiger partial charge is 0 e. The molecule has 0 unspecified atom stereocenters. The van der Waals surface area contributed by atoms with Gasteiger partial charge in [0, 0.05) is 16.8 Å². The van der Waals surface area contributed by atoms with E-state index in [-0.39, 0.29) is 16.8 Å². The van der Waals surface area contributed by atoms with Crippen LogP contribution in [0.1, 0.15) is 87.2 Å². The number of hydrogen-bond donors (Lipinski definition) is 0. The largest absolute Gasteiger partial charge is 0.535 e. The average Bonchev–Trinajstić information content (AvgIpc) is 3.52. The molecule has 0 spiro atoms. The fourth-order valence-electron chi connectivity index (χ4n) is 7.76. The molecule has 2 aliphatic rings. The zero-order valence-electron chi connectivity index (χ0n) is 22.8. The van der Waals surface area contributed by atoms with Crippen molar-refractivity contribution in [1.82, 2.24) is 0 Å². The molecule has 0 amide bonds. The first-order valence-corrected chi connectivity index (χ1v) is 15.0. The van der Waals surface area contributed by atoms with Crippen molar-refractivity contribution < 1.29 is 16.8 Å². The molecule has 2 saturated carbocycles. The van der Waals surface area contributed by atoms with Crippen molar-refractivity contribution in [2.45, 2.75) is 76.0 Å². The van der Waals surface area contributed by atoms with Gasteiger partial charge in [0.15, 0.2) is 0 Å². The Morgan fingerprint density at radius 1 is 0.436 bits per heavy atom. The van der Waals surface area contributed by atoms with E-state index in [0.717, 1.165) is 11.8 Å². The normalized spacial score (nSPS) is 16.8. The molecule has 0 saturated heterocycles. The Bertz CT molecular complexity index is 1450. The Hall–Kier alpha value is -2.87. The summed E-state index contributed by atoms with van der Waals surface area (Å²) in [6, 6.07) is 35.8. The first kappa shape index (κ1) is 26.4. The number of rotatable bonds is 2. The summed E-state index contributed by atoms with van der Waals surface area (Å²) < 4.78 is 0. The maximum atomic E-state index is 2.32. The molecule has 0 nitrogen and oxygen atoms in total. The van der Waals surface area contributed by atoms with Gasteiger partial charge in [-0.15, -0.1) is 51.2 Å². The fraction of sp³-hybridized carbons (Fsp3) is 0.316. The van der Waals surface area contributed by atoms with Crippen molar-refractivity contribution in [3.8, 4) is 0 Å². The van der Waals surface area contributed by atoms with Gasteiger partial charge < -0.3 is 57.4 Å². The average molecular weight is 554 g/mol. The summed E-state index contributed by atoms with van der Waals surface area (Å²) in [5.74, 6) is 1.55. The van der Waals surface area contributed by atoms with Crippen molar-refractivity contribution in [1.29, 1.82) is 0 Å². The van der Waals surface area contributed by atoms with Crippen LogP contribution in [-0.2, 0) is 16.8 Å². The van der Waals surface area contributed by atoms with Crippen molar-refractivity contribution in [2.75, 3.05) is 0 Å². The van der Waals surface area contributed by atoms with Gasteiger partial charge in [-0.05, 0) is 5.92 Å². The van der Waals surface area contributed by atoms with Gasteiger partial charge in [-0.1, -0.05) is 101 Å². The maximum absolute atomic E-state index is 2.32. The molecule has 6 aromatic rings.